The van der Waals surface area contributed by atoms with Gasteiger partial charge in [-0.15, -0.1) is 0 Å². The second kappa shape index (κ2) is 9.53. The molecule has 0 aliphatic heterocycles. The zero-order valence-corrected chi connectivity index (χ0v) is 21.3. The molecule has 2 N–H and O–H groups in total. The molecule has 35 heavy (non-hydrogen) atoms. The molecule has 4 rings (SSSR count). The van der Waals surface area contributed by atoms with E-state index in [1.165, 1.54) is 16.8 Å². The van der Waals surface area contributed by atoms with Crippen molar-refractivity contribution in [1.29, 1.82) is 0 Å². The Morgan fingerprint density at radius 3 is 2.57 bits per heavy atom. The van der Waals surface area contributed by atoms with Gasteiger partial charge in [0.25, 0.3) is 15.6 Å². The van der Waals surface area contributed by atoms with Crippen LogP contribution in [0.1, 0.15) is 37.1 Å². The van der Waals surface area contributed by atoms with Crippen LogP contribution < -0.4 is 15.0 Å². The third kappa shape index (κ3) is 4.79. The van der Waals surface area contributed by atoms with E-state index in [9.17, 15) is 13.2 Å². The van der Waals surface area contributed by atoms with Crippen LogP contribution in [0.2, 0.25) is 0 Å². The number of aromatic nitrogens is 4. The van der Waals surface area contributed by atoms with Gasteiger partial charge in [0.1, 0.15) is 17.1 Å². The first-order valence-electron chi connectivity index (χ1n) is 11.5. The number of rotatable bonds is 8. The third-order valence-electron chi connectivity index (χ3n) is 5.69. The number of ether oxygens (including phenoxy) is 1. The molecule has 0 saturated heterocycles. The van der Waals surface area contributed by atoms with Crippen LogP contribution in [0.25, 0.3) is 22.4 Å². The van der Waals surface area contributed by atoms with E-state index < -0.39 is 10.0 Å². The van der Waals surface area contributed by atoms with Crippen molar-refractivity contribution in [3.63, 3.8) is 0 Å². The van der Waals surface area contributed by atoms with Gasteiger partial charge in [-0.2, -0.15) is 5.10 Å². The Hall–Kier alpha value is -3.66. The van der Waals surface area contributed by atoms with Gasteiger partial charge in [-0.05, 0) is 57.0 Å². The van der Waals surface area contributed by atoms with Crippen LogP contribution >= 0.6 is 0 Å². The minimum atomic E-state index is -3.92. The maximum atomic E-state index is 13.3. The number of aromatic amines is 1. The largest absolute Gasteiger partial charge is 0.493 e. The van der Waals surface area contributed by atoms with Gasteiger partial charge < -0.3 is 9.72 Å². The SMILES string of the molecule is CCCc1nn(C)c2c(=O)[nH]c(-c3cc(S(=O)(=O)Nc4ccc(C)cc4C)ccc3OCC)nc12. The van der Waals surface area contributed by atoms with Gasteiger partial charge in [0.2, 0.25) is 0 Å². The van der Waals surface area contributed by atoms with Gasteiger partial charge >= 0.3 is 0 Å². The van der Waals surface area contributed by atoms with Crippen molar-refractivity contribution in [2.24, 2.45) is 7.05 Å². The minimum absolute atomic E-state index is 0.0265. The van der Waals surface area contributed by atoms with Crippen LogP contribution in [0, 0.1) is 13.8 Å². The molecule has 0 bridgehead atoms. The number of nitrogens with one attached hydrogen (secondary N) is 2. The zero-order chi connectivity index (χ0) is 25.3. The fourth-order valence-electron chi connectivity index (χ4n) is 4.05. The number of hydrogen-bond acceptors (Lipinski definition) is 6. The van der Waals surface area contributed by atoms with Crippen LogP contribution in [-0.2, 0) is 23.5 Å². The zero-order valence-electron chi connectivity index (χ0n) is 20.5. The van der Waals surface area contributed by atoms with Crippen LogP contribution in [0.15, 0.2) is 46.1 Å². The fourth-order valence-corrected chi connectivity index (χ4v) is 5.21. The van der Waals surface area contributed by atoms with E-state index in [4.69, 9.17) is 4.74 Å². The highest BCUT2D eigenvalue weighted by Gasteiger charge is 2.21. The number of benzene rings is 2. The predicted molar refractivity (Wildman–Crippen MR) is 136 cm³/mol. The molecular formula is C25H29N5O4S. The monoisotopic (exact) mass is 495 g/mol. The minimum Gasteiger partial charge on any atom is -0.493 e. The Balaban J connectivity index is 1.85. The van der Waals surface area contributed by atoms with Gasteiger partial charge in [-0.25, -0.2) is 13.4 Å². The summed E-state index contributed by atoms with van der Waals surface area (Å²) in [5.74, 6) is 0.640. The molecule has 0 aliphatic carbocycles. The van der Waals surface area contributed by atoms with Gasteiger partial charge in [-0.1, -0.05) is 31.0 Å². The summed E-state index contributed by atoms with van der Waals surface area (Å²) in [4.78, 5) is 20.4. The van der Waals surface area contributed by atoms with E-state index >= 15 is 0 Å². The van der Waals surface area contributed by atoms with Crippen molar-refractivity contribution in [3.05, 3.63) is 63.6 Å². The second-order valence-corrected chi connectivity index (χ2v) is 10.1. The lowest BCUT2D eigenvalue weighted by molar-refractivity contribution is 0.341. The van der Waals surface area contributed by atoms with Crippen molar-refractivity contribution in [3.8, 4) is 17.1 Å². The van der Waals surface area contributed by atoms with Gasteiger partial charge in [0.05, 0.1) is 28.4 Å². The molecule has 0 saturated carbocycles. The molecule has 0 unspecified atom stereocenters. The van der Waals surface area contributed by atoms with E-state index in [1.54, 1.807) is 19.2 Å². The molecule has 4 aromatic rings. The van der Waals surface area contributed by atoms with Gasteiger partial charge in [0, 0.05) is 7.05 Å². The summed E-state index contributed by atoms with van der Waals surface area (Å²) in [6.07, 6.45) is 1.51. The smallest absolute Gasteiger partial charge is 0.277 e. The molecule has 0 radical (unpaired) electrons. The maximum absolute atomic E-state index is 13.3. The number of aryl methyl sites for hydroxylation is 4. The predicted octanol–water partition coefficient (Wildman–Crippen LogP) is 4.09. The quantitative estimate of drug-likeness (QED) is 0.380. The van der Waals surface area contributed by atoms with Crippen LogP contribution in [0.5, 0.6) is 5.75 Å². The first-order chi connectivity index (χ1) is 16.6. The Morgan fingerprint density at radius 1 is 1.11 bits per heavy atom. The number of sulfonamides is 1. The van der Waals surface area contributed by atoms with Crippen molar-refractivity contribution in [2.45, 2.75) is 45.4 Å². The third-order valence-corrected chi connectivity index (χ3v) is 7.06. The summed E-state index contributed by atoms with van der Waals surface area (Å²) in [6.45, 7) is 8.01. The molecule has 2 aromatic heterocycles. The molecule has 0 atom stereocenters. The highest BCUT2D eigenvalue weighted by molar-refractivity contribution is 7.92. The Kier molecular flexibility index (Phi) is 6.66. The van der Waals surface area contributed by atoms with Crippen LogP contribution in [0.4, 0.5) is 5.69 Å². The molecular weight excluding hydrogens is 466 g/mol. The summed E-state index contributed by atoms with van der Waals surface area (Å²) >= 11 is 0. The van der Waals surface area contributed by atoms with E-state index in [-0.39, 0.29) is 16.3 Å². The Labute approximate surface area is 204 Å². The average Bonchev–Trinajstić information content (AvgIpc) is 3.12. The first kappa shape index (κ1) is 24.5. The van der Waals surface area contributed by atoms with Crippen LogP contribution in [-0.4, -0.2) is 34.8 Å². The van der Waals surface area contributed by atoms with Crippen molar-refractivity contribution < 1.29 is 13.2 Å². The van der Waals surface area contributed by atoms with E-state index in [0.29, 0.717) is 41.1 Å². The standard InChI is InChI=1S/C25H29N5O4S/c1-6-8-20-22-23(30(5)28-20)25(31)27-24(26-22)18-14-17(10-12-21(18)34-7-2)35(32,33)29-19-11-9-15(3)13-16(19)4/h9-14,29H,6-8H2,1-5H3,(H,26,27,31). The van der Waals surface area contributed by atoms with Crippen LogP contribution in [0.3, 0.4) is 0 Å². The summed E-state index contributed by atoms with van der Waals surface area (Å²) in [5.41, 5.74) is 3.96. The molecule has 184 valence electrons. The van der Waals surface area contributed by atoms with E-state index in [2.05, 4.69) is 19.8 Å². The Bertz CT molecular complexity index is 1570. The number of nitrogens with zero attached hydrogens (tertiary/aromatic N) is 3. The van der Waals surface area contributed by atoms with Gasteiger partial charge in [0.15, 0.2) is 5.52 Å². The molecule has 2 heterocycles. The molecule has 0 aliphatic rings. The summed E-state index contributed by atoms with van der Waals surface area (Å²) in [7, 11) is -2.21. The highest BCUT2D eigenvalue weighted by atomic mass is 32.2. The van der Waals surface area contributed by atoms with Crippen molar-refractivity contribution in [2.75, 3.05) is 11.3 Å². The summed E-state index contributed by atoms with van der Waals surface area (Å²) < 4.78 is 36.4. The van der Waals surface area contributed by atoms with Crippen molar-refractivity contribution >= 4 is 26.7 Å². The average molecular weight is 496 g/mol. The van der Waals surface area contributed by atoms with E-state index in [0.717, 1.165) is 23.2 Å². The maximum Gasteiger partial charge on any atom is 0.277 e. The van der Waals surface area contributed by atoms with E-state index in [1.807, 2.05) is 39.8 Å². The lowest BCUT2D eigenvalue weighted by atomic mass is 10.1. The fraction of sp³-hybridized carbons (Fsp3) is 0.320. The summed E-state index contributed by atoms with van der Waals surface area (Å²) in [6, 6.07) is 10.0. The molecule has 9 nitrogen and oxygen atoms in total. The Morgan fingerprint density at radius 2 is 1.89 bits per heavy atom. The topological polar surface area (TPSA) is 119 Å². The molecule has 10 heteroatoms. The lowest BCUT2D eigenvalue weighted by Crippen LogP contribution is -2.15. The normalized spacial score (nSPS) is 11.7. The number of hydrogen-bond donors (Lipinski definition) is 2. The molecule has 0 spiro atoms. The molecule has 2 aromatic carbocycles. The van der Waals surface area contributed by atoms with Crippen molar-refractivity contribution in [1.82, 2.24) is 19.7 Å². The summed E-state index contributed by atoms with van der Waals surface area (Å²) in [5, 5.41) is 4.45. The number of anilines is 1. The molecule has 0 amide bonds. The lowest BCUT2D eigenvalue weighted by Gasteiger charge is -2.14. The number of fused-ring (bicyclic) bond motifs is 1. The number of H-pyrrole nitrogens is 1. The van der Waals surface area contributed by atoms with Gasteiger partial charge in [-0.3, -0.25) is 14.2 Å². The highest BCUT2D eigenvalue weighted by Crippen LogP contribution is 2.32. The first-order valence-corrected chi connectivity index (χ1v) is 13.0. The molecule has 0 fully saturated rings. The second-order valence-electron chi connectivity index (χ2n) is 8.45.